The van der Waals surface area contributed by atoms with Crippen LogP contribution in [0.4, 0.5) is 4.79 Å². The Hall–Kier alpha value is -2.11. The molecule has 1 aliphatic heterocycles. The summed E-state index contributed by atoms with van der Waals surface area (Å²) in [4.78, 5) is 14.4. The highest BCUT2D eigenvalue weighted by molar-refractivity contribution is 5.82. The van der Waals surface area contributed by atoms with E-state index in [2.05, 4.69) is 30.3 Å². The van der Waals surface area contributed by atoms with Gasteiger partial charge in [-0.3, -0.25) is 0 Å². The smallest absolute Gasteiger partial charge is 0.410 e. The van der Waals surface area contributed by atoms with E-state index >= 15 is 0 Å². The maximum absolute atomic E-state index is 12.6. The highest BCUT2D eigenvalue weighted by atomic mass is 16.6. The third kappa shape index (κ3) is 5.46. The fourth-order valence-corrected chi connectivity index (χ4v) is 3.68. The number of aliphatic hydroxyl groups excluding tert-OH is 1. The summed E-state index contributed by atoms with van der Waals surface area (Å²) in [6.45, 7) is 6.79. The number of hydrogen-bond acceptors (Lipinski definition) is 4. The van der Waals surface area contributed by atoms with E-state index in [1.807, 2.05) is 32.9 Å². The SMILES string of the molecule is CC(C)(C)OC(=O)N1C[C@@H](OCc2ccc3ccccc3c2)C[C@H]1CCCO. The van der Waals surface area contributed by atoms with Crippen molar-refractivity contribution in [1.82, 2.24) is 4.90 Å². The maximum atomic E-state index is 12.6. The first-order valence-electron chi connectivity index (χ1n) is 10.1. The average molecular weight is 386 g/mol. The molecule has 1 saturated heterocycles. The second-order valence-corrected chi connectivity index (χ2v) is 8.50. The van der Waals surface area contributed by atoms with Crippen LogP contribution in [0.3, 0.4) is 0 Å². The van der Waals surface area contributed by atoms with Gasteiger partial charge in [0, 0.05) is 12.6 Å². The number of fused-ring (bicyclic) bond motifs is 1. The Morgan fingerprint density at radius 2 is 1.93 bits per heavy atom. The lowest BCUT2D eigenvalue weighted by Gasteiger charge is -2.28. The fraction of sp³-hybridized carbons (Fsp3) is 0.522. The molecule has 0 radical (unpaired) electrons. The van der Waals surface area contributed by atoms with Gasteiger partial charge in [0.05, 0.1) is 19.3 Å². The number of rotatable bonds is 6. The molecule has 1 amide bonds. The molecule has 0 aromatic heterocycles. The second kappa shape index (κ2) is 8.93. The van der Waals surface area contributed by atoms with Crippen LogP contribution in [0.1, 0.15) is 45.6 Å². The first-order chi connectivity index (χ1) is 13.4. The van der Waals surface area contributed by atoms with E-state index in [0.29, 0.717) is 19.6 Å². The minimum atomic E-state index is -0.525. The van der Waals surface area contributed by atoms with Crippen molar-refractivity contribution in [2.75, 3.05) is 13.2 Å². The number of ether oxygens (including phenoxy) is 2. The van der Waals surface area contributed by atoms with Gasteiger partial charge in [-0.15, -0.1) is 0 Å². The number of carbonyl (C=O) groups is 1. The molecule has 2 aromatic carbocycles. The van der Waals surface area contributed by atoms with Crippen LogP contribution in [0, 0.1) is 0 Å². The molecule has 0 bridgehead atoms. The van der Waals surface area contributed by atoms with Crippen molar-refractivity contribution in [3.8, 4) is 0 Å². The molecule has 0 aliphatic carbocycles. The number of nitrogens with zero attached hydrogens (tertiary/aromatic N) is 1. The Balaban J connectivity index is 1.62. The summed E-state index contributed by atoms with van der Waals surface area (Å²) >= 11 is 0. The molecule has 1 fully saturated rings. The van der Waals surface area contributed by atoms with E-state index in [4.69, 9.17) is 9.47 Å². The normalized spacial score (nSPS) is 19.9. The zero-order valence-corrected chi connectivity index (χ0v) is 17.1. The average Bonchev–Trinajstić information content (AvgIpc) is 3.06. The Bertz CT molecular complexity index is 799. The van der Waals surface area contributed by atoms with Crippen LogP contribution in [0.15, 0.2) is 42.5 Å². The Morgan fingerprint density at radius 3 is 2.64 bits per heavy atom. The van der Waals surface area contributed by atoms with Crippen LogP contribution >= 0.6 is 0 Å². The highest BCUT2D eigenvalue weighted by Crippen LogP contribution is 2.27. The van der Waals surface area contributed by atoms with E-state index in [-0.39, 0.29) is 24.8 Å². The lowest BCUT2D eigenvalue weighted by atomic mass is 10.1. The number of aliphatic hydroxyl groups is 1. The molecule has 1 N–H and O–H groups in total. The van der Waals surface area contributed by atoms with Crippen LogP contribution in [-0.2, 0) is 16.1 Å². The van der Waals surface area contributed by atoms with E-state index in [0.717, 1.165) is 18.4 Å². The molecule has 0 saturated carbocycles. The minimum absolute atomic E-state index is 0.0253. The van der Waals surface area contributed by atoms with Gasteiger partial charge in [-0.1, -0.05) is 36.4 Å². The van der Waals surface area contributed by atoms with E-state index < -0.39 is 5.60 Å². The first kappa shape index (κ1) is 20.6. The van der Waals surface area contributed by atoms with Gasteiger partial charge in [0.1, 0.15) is 5.60 Å². The predicted octanol–water partition coefficient (Wildman–Crippen LogP) is 4.51. The van der Waals surface area contributed by atoms with Crippen LogP contribution in [0.5, 0.6) is 0 Å². The van der Waals surface area contributed by atoms with E-state index in [1.165, 1.54) is 10.8 Å². The summed E-state index contributed by atoms with van der Waals surface area (Å²) in [6.07, 6.45) is 1.87. The molecule has 1 heterocycles. The van der Waals surface area contributed by atoms with Gasteiger partial charge < -0.3 is 19.5 Å². The Morgan fingerprint density at radius 1 is 1.18 bits per heavy atom. The first-order valence-corrected chi connectivity index (χ1v) is 10.1. The molecular weight excluding hydrogens is 354 g/mol. The largest absolute Gasteiger partial charge is 0.444 e. The van der Waals surface area contributed by atoms with Gasteiger partial charge >= 0.3 is 6.09 Å². The lowest BCUT2D eigenvalue weighted by Crippen LogP contribution is -2.40. The second-order valence-electron chi connectivity index (χ2n) is 8.50. The standard InChI is InChI=1S/C23H31NO4/c1-23(2,3)28-22(26)24-15-21(14-20(24)9-6-12-25)27-16-17-10-11-18-7-4-5-8-19(18)13-17/h4-5,7-8,10-11,13,20-21,25H,6,9,12,14-16H2,1-3H3/t20-,21+/m1/s1. The summed E-state index contributed by atoms with van der Waals surface area (Å²) in [5.41, 5.74) is 0.601. The molecule has 28 heavy (non-hydrogen) atoms. The van der Waals surface area contributed by atoms with Crippen molar-refractivity contribution in [3.63, 3.8) is 0 Å². The van der Waals surface area contributed by atoms with Crippen molar-refractivity contribution in [2.24, 2.45) is 0 Å². The molecule has 5 nitrogen and oxygen atoms in total. The topological polar surface area (TPSA) is 59.0 Å². The van der Waals surface area contributed by atoms with Crippen molar-refractivity contribution < 1.29 is 19.4 Å². The minimum Gasteiger partial charge on any atom is -0.444 e. The Kier molecular flexibility index (Phi) is 6.57. The molecule has 1 aliphatic rings. The summed E-state index contributed by atoms with van der Waals surface area (Å²) in [5, 5.41) is 11.6. The van der Waals surface area contributed by atoms with Gasteiger partial charge in [-0.2, -0.15) is 0 Å². The third-order valence-electron chi connectivity index (χ3n) is 5.00. The number of benzene rings is 2. The molecular formula is C23H31NO4. The summed E-state index contributed by atoms with van der Waals surface area (Å²) in [6, 6.07) is 14.7. The van der Waals surface area contributed by atoms with Crippen molar-refractivity contribution in [2.45, 2.75) is 64.4 Å². The monoisotopic (exact) mass is 385 g/mol. The molecule has 3 rings (SSSR count). The molecule has 152 valence electrons. The number of hydrogen-bond donors (Lipinski definition) is 1. The van der Waals surface area contributed by atoms with Crippen LogP contribution < -0.4 is 0 Å². The summed E-state index contributed by atoms with van der Waals surface area (Å²) in [5.74, 6) is 0. The number of likely N-dealkylation sites (tertiary alicyclic amines) is 1. The summed E-state index contributed by atoms with van der Waals surface area (Å²) < 4.78 is 11.7. The zero-order chi connectivity index (χ0) is 20.1. The molecule has 2 aromatic rings. The van der Waals surface area contributed by atoms with Crippen molar-refractivity contribution in [3.05, 3.63) is 48.0 Å². The highest BCUT2D eigenvalue weighted by Gasteiger charge is 2.37. The van der Waals surface area contributed by atoms with Gasteiger partial charge in [0.15, 0.2) is 0 Å². The van der Waals surface area contributed by atoms with Crippen LogP contribution in [0.2, 0.25) is 0 Å². The van der Waals surface area contributed by atoms with E-state index in [1.54, 1.807) is 4.90 Å². The molecule has 2 atom stereocenters. The summed E-state index contributed by atoms with van der Waals surface area (Å²) in [7, 11) is 0. The van der Waals surface area contributed by atoms with Gasteiger partial charge in [0.2, 0.25) is 0 Å². The van der Waals surface area contributed by atoms with Crippen LogP contribution in [0.25, 0.3) is 10.8 Å². The van der Waals surface area contributed by atoms with Crippen LogP contribution in [-0.4, -0.2) is 47.0 Å². The van der Waals surface area contributed by atoms with Gasteiger partial charge in [0.25, 0.3) is 0 Å². The van der Waals surface area contributed by atoms with Crippen molar-refractivity contribution in [1.29, 1.82) is 0 Å². The molecule has 5 heteroatoms. The zero-order valence-electron chi connectivity index (χ0n) is 17.1. The molecule has 0 unspecified atom stereocenters. The number of carbonyl (C=O) groups excluding carboxylic acids is 1. The van der Waals surface area contributed by atoms with Gasteiger partial charge in [-0.05, 0) is 62.4 Å². The van der Waals surface area contributed by atoms with Crippen molar-refractivity contribution >= 4 is 16.9 Å². The lowest BCUT2D eigenvalue weighted by molar-refractivity contribution is 0.0144. The Labute approximate surface area is 167 Å². The maximum Gasteiger partial charge on any atom is 0.410 e. The third-order valence-corrected chi connectivity index (χ3v) is 5.00. The van der Waals surface area contributed by atoms with Gasteiger partial charge in [-0.25, -0.2) is 4.79 Å². The molecule has 0 spiro atoms. The number of amides is 1. The predicted molar refractivity (Wildman–Crippen MR) is 110 cm³/mol. The van der Waals surface area contributed by atoms with E-state index in [9.17, 15) is 9.90 Å². The quantitative estimate of drug-likeness (QED) is 0.795. The fourth-order valence-electron chi connectivity index (χ4n) is 3.68.